The fourth-order valence-corrected chi connectivity index (χ4v) is 1.51. The number of esters is 1. The zero-order valence-corrected chi connectivity index (χ0v) is 10.7. The lowest BCUT2D eigenvalue weighted by Crippen LogP contribution is -2.36. The number of hydrogen-bond donors (Lipinski definition) is 2. The number of likely N-dealkylation sites (N-methyl/N-ethyl adjacent to an activating group) is 1. The molecule has 0 aliphatic rings. The molecule has 1 rings (SSSR count). The summed E-state index contributed by atoms with van der Waals surface area (Å²) in [6.45, 7) is 0.434. The summed E-state index contributed by atoms with van der Waals surface area (Å²) >= 11 is 0. The van der Waals surface area contributed by atoms with E-state index in [-0.39, 0.29) is 18.6 Å². The molecule has 0 saturated heterocycles. The van der Waals surface area contributed by atoms with Gasteiger partial charge in [-0.3, -0.25) is 4.79 Å². The number of carbonyl (C=O) groups is 1. The summed E-state index contributed by atoms with van der Waals surface area (Å²) in [5.41, 5.74) is 0.838. The maximum atomic E-state index is 11.3. The number of aliphatic hydroxyl groups excluding tert-OH is 1. The number of ether oxygens (including phenoxy) is 2. The zero-order chi connectivity index (χ0) is 13.4. The van der Waals surface area contributed by atoms with Crippen LogP contribution in [-0.4, -0.2) is 37.9 Å². The Morgan fingerprint density at radius 3 is 2.56 bits per heavy atom. The van der Waals surface area contributed by atoms with Crippen molar-refractivity contribution in [2.75, 3.05) is 20.8 Å². The first kappa shape index (κ1) is 14.5. The Bertz CT molecular complexity index is 364. The molecule has 0 radical (unpaired) electrons. The molecule has 1 aromatic carbocycles. The van der Waals surface area contributed by atoms with Gasteiger partial charge in [0.25, 0.3) is 0 Å². The Balaban J connectivity index is 2.37. The average Bonchev–Trinajstić information content (AvgIpc) is 2.43. The highest BCUT2D eigenvalue weighted by molar-refractivity contribution is 5.75. The number of hydrogen-bond acceptors (Lipinski definition) is 5. The van der Waals surface area contributed by atoms with E-state index in [1.165, 1.54) is 7.11 Å². The average molecular weight is 253 g/mol. The molecule has 0 fully saturated rings. The topological polar surface area (TPSA) is 67.8 Å². The normalized spacial score (nSPS) is 11.9. The Morgan fingerprint density at radius 2 is 2.06 bits per heavy atom. The van der Waals surface area contributed by atoms with Crippen LogP contribution in [0, 0.1) is 0 Å². The third-order valence-electron chi connectivity index (χ3n) is 2.62. The van der Waals surface area contributed by atoms with Gasteiger partial charge in [0.15, 0.2) is 0 Å². The Hall–Kier alpha value is -1.59. The molecule has 100 valence electrons. The van der Waals surface area contributed by atoms with Crippen LogP contribution in [0.3, 0.4) is 0 Å². The fraction of sp³-hybridized carbons (Fsp3) is 0.462. The van der Waals surface area contributed by atoms with Gasteiger partial charge in [-0.25, -0.2) is 0 Å². The van der Waals surface area contributed by atoms with Gasteiger partial charge >= 0.3 is 5.97 Å². The molecule has 18 heavy (non-hydrogen) atoms. The predicted molar refractivity (Wildman–Crippen MR) is 67.3 cm³/mol. The first-order chi connectivity index (χ1) is 8.71. The van der Waals surface area contributed by atoms with Crippen molar-refractivity contribution < 1.29 is 19.4 Å². The van der Waals surface area contributed by atoms with E-state index in [1.54, 1.807) is 31.3 Å². The third-order valence-corrected chi connectivity index (χ3v) is 2.62. The van der Waals surface area contributed by atoms with Crippen molar-refractivity contribution in [3.8, 4) is 5.75 Å². The second kappa shape index (κ2) is 7.68. The van der Waals surface area contributed by atoms with Crippen LogP contribution in [0.15, 0.2) is 24.3 Å². The summed E-state index contributed by atoms with van der Waals surface area (Å²) in [6, 6.07) is 6.82. The summed E-state index contributed by atoms with van der Waals surface area (Å²) in [5, 5.41) is 11.8. The molecule has 5 nitrogen and oxygen atoms in total. The van der Waals surface area contributed by atoms with Crippen LogP contribution in [0.25, 0.3) is 0 Å². The van der Waals surface area contributed by atoms with Crippen LogP contribution in [0.5, 0.6) is 5.75 Å². The van der Waals surface area contributed by atoms with E-state index in [0.717, 1.165) is 5.56 Å². The van der Waals surface area contributed by atoms with Crippen molar-refractivity contribution in [1.82, 2.24) is 5.32 Å². The molecule has 1 unspecified atom stereocenters. The molecular formula is C13H19NO4. The Kier molecular flexibility index (Phi) is 6.18. The van der Waals surface area contributed by atoms with E-state index in [0.29, 0.717) is 18.8 Å². The highest BCUT2D eigenvalue weighted by Gasteiger charge is 2.16. The van der Waals surface area contributed by atoms with Gasteiger partial charge in [-0.05, 0) is 24.7 Å². The van der Waals surface area contributed by atoms with Crippen molar-refractivity contribution in [2.45, 2.75) is 19.1 Å². The molecule has 0 saturated carbocycles. The molecule has 0 bridgehead atoms. The SMILES string of the molecule is CNC(CCOc1ccc(CO)cc1)C(=O)OC. The molecule has 0 aliphatic carbocycles. The van der Waals surface area contributed by atoms with Gasteiger partial charge in [-0.15, -0.1) is 0 Å². The number of aliphatic hydroxyl groups is 1. The van der Waals surface area contributed by atoms with E-state index in [9.17, 15) is 4.79 Å². The van der Waals surface area contributed by atoms with Crippen molar-refractivity contribution in [2.24, 2.45) is 0 Å². The molecule has 1 aromatic rings. The number of carbonyl (C=O) groups excluding carboxylic acids is 1. The summed E-state index contributed by atoms with van der Waals surface area (Å²) in [5.74, 6) is 0.420. The second-order valence-electron chi connectivity index (χ2n) is 3.80. The molecule has 0 aromatic heterocycles. The first-order valence-corrected chi connectivity index (χ1v) is 5.79. The largest absolute Gasteiger partial charge is 0.494 e. The lowest BCUT2D eigenvalue weighted by atomic mass is 10.2. The fourth-order valence-electron chi connectivity index (χ4n) is 1.51. The predicted octanol–water partition coefficient (Wildman–Crippen LogP) is 0.709. The van der Waals surface area contributed by atoms with Crippen molar-refractivity contribution >= 4 is 5.97 Å². The maximum Gasteiger partial charge on any atom is 0.322 e. The highest BCUT2D eigenvalue weighted by Crippen LogP contribution is 2.12. The monoisotopic (exact) mass is 253 g/mol. The molecule has 2 N–H and O–H groups in total. The number of nitrogens with one attached hydrogen (secondary N) is 1. The van der Waals surface area contributed by atoms with Crippen LogP contribution in [0.2, 0.25) is 0 Å². The van der Waals surface area contributed by atoms with Crippen LogP contribution in [-0.2, 0) is 16.1 Å². The molecule has 0 spiro atoms. The van der Waals surface area contributed by atoms with E-state index in [2.05, 4.69) is 10.1 Å². The number of benzene rings is 1. The first-order valence-electron chi connectivity index (χ1n) is 5.79. The zero-order valence-electron chi connectivity index (χ0n) is 10.7. The van der Waals surface area contributed by atoms with Crippen LogP contribution < -0.4 is 10.1 Å². The third kappa shape index (κ3) is 4.35. The van der Waals surface area contributed by atoms with E-state index < -0.39 is 0 Å². The van der Waals surface area contributed by atoms with Crippen LogP contribution >= 0.6 is 0 Å². The second-order valence-corrected chi connectivity index (χ2v) is 3.80. The molecule has 0 aliphatic heterocycles. The van der Waals surface area contributed by atoms with E-state index in [1.807, 2.05) is 0 Å². The summed E-state index contributed by atoms with van der Waals surface area (Å²) in [7, 11) is 3.07. The summed E-state index contributed by atoms with van der Waals surface area (Å²) < 4.78 is 10.2. The summed E-state index contributed by atoms with van der Waals surface area (Å²) in [6.07, 6.45) is 0.533. The lowest BCUT2D eigenvalue weighted by Gasteiger charge is -2.14. The minimum Gasteiger partial charge on any atom is -0.494 e. The van der Waals surface area contributed by atoms with E-state index >= 15 is 0 Å². The minimum absolute atomic E-state index is 0.0183. The van der Waals surface area contributed by atoms with Gasteiger partial charge in [0.1, 0.15) is 11.8 Å². The molecule has 0 amide bonds. The van der Waals surface area contributed by atoms with Crippen molar-refractivity contribution in [1.29, 1.82) is 0 Å². The van der Waals surface area contributed by atoms with Gasteiger partial charge in [0, 0.05) is 6.42 Å². The standard InChI is InChI=1S/C13H19NO4/c1-14-12(13(16)17-2)7-8-18-11-5-3-10(9-15)4-6-11/h3-6,12,14-15H,7-9H2,1-2H3. The number of rotatable bonds is 7. The van der Waals surface area contributed by atoms with Crippen molar-refractivity contribution in [3.05, 3.63) is 29.8 Å². The molecule has 5 heteroatoms. The van der Waals surface area contributed by atoms with Crippen LogP contribution in [0.4, 0.5) is 0 Å². The molecule has 0 heterocycles. The van der Waals surface area contributed by atoms with Gasteiger partial charge in [-0.2, -0.15) is 0 Å². The van der Waals surface area contributed by atoms with Crippen LogP contribution in [0.1, 0.15) is 12.0 Å². The highest BCUT2D eigenvalue weighted by atomic mass is 16.5. The number of methoxy groups -OCH3 is 1. The minimum atomic E-state index is -0.355. The smallest absolute Gasteiger partial charge is 0.322 e. The van der Waals surface area contributed by atoms with Gasteiger partial charge in [0.05, 0.1) is 20.3 Å². The quantitative estimate of drug-likeness (QED) is 0.700. The van der Waals surface area contributed by atoms with Gasteiger partial charge < -0.3 is 19.9 Å². The van der Waals surface area contributed by atoms with Gasteiger partial charge in [0.2, 0.25) is 0 Å². The molecule has 1 atom stereocenters. The lowest BCUT2D eigenvalue weighted by molar-refractivity contribution is -0.143. The summed E-state index contributed by atoms with van der Waals surface area (Å²) in [4.78, 5) is 11.3. The Labute approximate surface area is 107 Å². The van der Waals surface area contributed by atoms with Gasteiger partial charge in [-0.1, -0.05) is 12.1 Å². The van der Waals surface area contributed by atoms with E-state index in [4.69, 9.17) is 9.84 Å². The van der Waals surface area contributed by atoms with Crippen molar-refractivity contribution in [3.63, 3.8) is 0 Å². The maximum absolute atomic E-state index is 11.3. The Morgan fingerprint density at radius 1 is 1.39 bits per heavy atom. The molecular weight excluding hydrogens is 234 g/mol.